The van der Waals surface area contributed by atoms with Crippen molar-refractivity contribution < 1.29 is 4.79 Å². The van der Waals surface area contributed by atoms with Crippen molar-refractivity contribution in [2.24, 2.45) is 0 Å². The predicted octanol–water partition coefficient (Wildman–Crippen LogP) is 1.54. The number of hydrogen-bond acceptors (Lipinski definition) is 7. The van der Waals surface area contributed by atoms with E-state index in [9.17, 15) is 4.79 Å². The number of likely N-dealkylation sites (tertiary alicyclic amines) is 1. The molecule has 4 N–H and O–H groups in total. The lowest BCUT2D eigenvalue weighted by Gasteiger charge is -2.40. The normalized spacial score (nSPS) is 22.3. The van der Waals surface area contributed by atoms with Gasteiger partial charge < -0.3 is 16.4 Å². The Bertz CT molecular complexity index is 802. The SMILES string of the molecule is Nc1ncc2c(n1)C1(CCCN(C(=O)CCc3csc(N)n3)C1)CC2. The quantitative estimate of drug-likeness (QED) is 0.861. The third-order valence-electron chi connectivity index (χ3n) is 5.35. The van der Waals surface area contributed by atoms with Crippen LogP contribution < -0.4 is 11.5 Å². The highest BCUT2D eigenvalue weighted by molar-refractivity contribution is 7.13. The van der Waals surface area contributed by atoms with E-state index >= 15 is 0 Å². The molecule has 1 spiro atoms. The van der Waals surface area contributed by atoms with Crippen LogP contribution >= 0.6 is 11.3 Å². The molecular weight excluding hydrogens is 336 g/mol. The van der Waals surface area contributed by atoms with Crippen LogP contribution in [0.2, 0.25) is 0 Å². The van der Waals surface area contributed by atoms with Crippen LogP contribution in [-0.2, 0) is 23.1 Å². The Balaban J connectivity index is 1.46. The van der Waals surface area contributed by atoms with E-state index < -0.39 is 0 Å². The average molecular weight is 358 g/mol. The predicted molar refractivity (Wildman–Crippen MR) is 97.1 cm³/mol. The van der Waals surface area contributed by atoms with Crippen molar-refractivity contribution in [3.8, 4) is 0 Å². The van der Waals surface area contributed by atoms with Crippen molar-refractivity contribution in [3.05, 3.63) is 28.5 Å². The molecule has 0 radical (unpaired) electrons. The summed E-state index contributed by atoms with van der Waals surface area (Å²) in [5, 5.41) is 2.48. The fraction of sp³-hybridized carbons (Fsp3) is 0.529. The van der Waals surface area contributed by atoms with Gasteiger partial charge in [0.15, 0.2) is 5.13 Å². The third-order valence-corrected chi connectivity index (χ3v) is 6.08. The Kier molecular flexibility index (Phi) is 4.07. The zero-order chi connectivity index (χ0) is 17.4. The molecule has 3 heterocycles. The summed E-state index contributed by atoms with van der Waals surface area (Å²) in [6.07, 6.45) is 7.00. The van der Waals surface area contributed by atoms with Crippen LogP contribution in [-0.4, -0.2) is 38.8 Å². The third kappa shape index (κ3) is 3.06. The molecule has 1 amide bonds. The molecule has 1 aliphatic heterocycles. The molecule has 8 heteroatoms. The molecule has 2 aliphatic rings. The van der Waals surface area contributed by atoms with E-state index in [2.05, 4.69) is 15.0 Å². The Morgan fingerprint density at radius 2 is 2.20 bits per heavy atom. The zero-order valence-corrected chi connectivity index (χ0v) is 14.9. The van der Waals surface area contributed by atoms with E-state index in [1.165, 1.54) is 16.9 Å². The first-order valence-electron chi connectivity index (χ1n) is 8.65. The van der Waals surface area contributed by atoms with Gasteiger partial charge in [-0.25, -0.2) is 15.0 Å². The van der Waals surface area contributed by atoms with Crippen LogP contribution in [0.4, 0.5) is 11.1 Å². The first-order valence-corrected chi connectivity index (χ1v) is 9.53. The zero-order valence-electron chi connectivity index (χ0n) is 14.1. The number of piperidine rings is 1. The van der Waals surface area contributed by atoms with Gasteiger partial charge in [0, 0.05) is 36.5 Å². The molecule has 1 aliphatic carbocycles. The number of anilines is 2. The van der Waals surface area contributed by atoms with Gasteiger partial charge in [-0.3, -0.25) is 4.79 Å². The summed E-state index contributed by atoms with van der Waals surface area (Å²) < 4.78 is 0. The van der Waals surface area contributed by atoms with Crippen molar-refractivity contribution in [3.63, 3.8) is 0 Å². The van der Waals surface area contributed by atoms with Crippen LogP contribution in [0.15, 0.2) is 11.6 Å². The second kappa shape index (κ2) is 6.25. The average Bonchev–Trinajstić information content (AvgIpc) is 3.17. The van der Waals surface area contributed by atoms with E-state index in [0.717, 1.165) is 50.2 Å². The maximum Gasteiger partial charge on any atom is 0.222 e. The van der Waals surface area contributed by atoms with Gasteiger partial charge in [0.05, 0.1) is 11.4 Å². The number of fused-ring (bicyclic) bond motifs is 2. The van der Waals surface area contributed by atoms with E-state index in [4.69, 9.17) is 11.5 Å². The molecule has 4 rings (SSSR count). The Morgan fingerprint density at radius 1 is 1.32 bits per heavy atom. The number of aromatic nitrogens is 3. The molecule has 0 aromatic carbocycles. The second-order valence-corrected chi connectivity index (χ2v) is 7.87. The molecule has 1 unspecified atom stereocenters. The van der Waals surface area contributed by atoms with Gasteiger partial charge in [-0.2, -0.15) is 0 Å². The van der Waals surface area contributed by atoms with Crippen molar-refractivity contribution in [1.29, 1.82) is 0 Å². The minimum atomic E-state index is -0.0502. The second-order valence-electron chi connectivity index (χ2n) is 6.98. The molecule has 1 atom stereocenters. The smallest absolute Gasteiger partial charge is 0.222 e. The highest BCUT2D eigenvalue weighted by Gasteiger charge is 2.44. The number of carbonyl (C=O) groups excluding carboxylic acids is 1. The lowest BCUT2D eigenvalue weighted by atomic mass is 9.77. The highest BCUT2D eigenvalue weighted by Crippen LogP contribution is 2.44. The van der Waals surface area contributed by atoms with E-state index in [1.54, 1.807) is 0 Å². The summed E-state index contributed by atoms with van der Waals surface area (Å²) in [4.78, 5) is 27.6. The number of thiazole rings is 1. The van der Waals surface area contributed by atoms with Gasteiger partial charge in [0.1, 0.15) is 0 Å². The van der Waals surface area contributed by atoms with E-state index in [-0.39, 0.29) is 11.3 Å². The standard InChI is InChI=1S/C17H22N6OS/c18-15-20-8-11-4-6-17(14(11)22-15)5-1-7-23(10-17)13(24)3-2-12-9-25-16(19)21-12/h8-9H,1-7,10H2,(H2,19,21)(H2,18,20,22). The first-order chi connectivity index (χ1) is 12.1. The monoisotopic (exact) mass is 358 g/mol. The first kappa shape index (κ1) is 16.3. The van der Waals surface area contributed by atoms with Crippen LogP contribution in [0.3, 0.4) is 0 Å². The topological polar surface area (TPSA) is 111 Å². The number of nitrogens with zero attached hydrogens (tertiary/aromatic N) is 4. The van der Waals surface area contributed by atoms with E-state index in [1.807, 2.05) is 16.5 Å². The lowest BCUT2D eigenvalue weighted by Crippen LogP contribution is -2.48. The summed E-state index contributed by atoms with van der Waals surface area (Å²) in [5.74, 6) is 0.505. The molecule has 132 valence electrons. The number of aryl methyl sites for hydroxylation is 2. The lowest BCUT2D eigenvalue weighted by molar-refractivity contribution is -0.133. The Hall–Kier alpha value is -2.22. The maximum absolute atomic E-state index is 12.7. The number of carbonyl (C=O) groups is 1. The Morgan fingerprint density at radius 3 is 3.00 bits per heavy atom. The van der Waals surface area contributed by atoms with E-state index in [0.29, 0.717) is 23.9 Å². The molecule has 1 saturated heterocycles. The van der Waals surface area contributed by atoms with Crippen molar-refractivity contribution in [2.45, 2.75) is 43.9 Å². The largest absolute Gasteiger partial charge is 0.375 e. The molecule has 7 nitrogen and oxygen atoms in total. The number of nitrogen functional groups attached to an aromatic ring is 2. The van der Waals surface area contributed by atoms with Crippen LogP contribution in [0.5, 0.6) is 0 Å². The molecule has 2 aromatic heterocycles. The van der Waals surface area contributed by atoms with Gasteiger partial charge in [0.25, 0.3) is 0 Å². The van der Waals surface area contributed by atoms with Gasteiger partial charge >= 0.3 is 0 Å². The molecule has 0 saturated carbocycles. The number of rotatable bonds is 3. The minimum absolute atomic E-state index is 0.0502. The Labute approximate surface area is 150 Å². The molecule has 2 aromatic rings. The number of nitrogens with two attached hydrogens (primary N) is 2. The van der Waals surface area contributed by atoms with Gasteiger partial charge in [-0.15, -0.1) is 11.3 Å². The fourth-order valence-corrected chi connectivity index (χ4v) is 4.72. The van der Waals surface area contributed by atoms with Crippen LogP contribution in [0.1, 0.15) is 42.6 Å². The minimum Gasteiger partial charge on any atom is -0.375 e. The van der Waals surface area contributed by atoms with Crippen molar-refractivity contribution in [1.82, 2.24) is 19.9 Å². The molecule has 25 heavy (non-hydrogen) atoms. The summed E-state index contributed by atoms with van der Waals surface area (Å²) >= 11 is 1.42. The van der Waals surface area contributed by atoms with Crippen molar-refractivity contribution >= 4 is 28.3 Å². The van der Waals surface area contributed by atoms with Crippen LogP contribution in [0, 0.1) is 0 Å². The molecule has 1 fully saturated rings. The maximum atomic E-state index is 12.7. The number of hydrogen-bond donors (Lipinski definition) is 2. The fourth-order valence-electron chi connectivity index (χ4n) is 4.13. The summed E-state index contributed by atoms with van der Waals surface area (Å²) in [6.45, 7) is 1.55. The van der Waals surface area contributed by atoms with Gasteiger partial charge in [-0.05, 0) is 37.7 Å². The van der Waals surface area contributed by atoms with Crippen molar-refractivity contribution in [2.75, 3.05) is 24.6 Å². The summed E-state index contributed by atoms with van der Waals surface area (Å²) in [7, 11) is 0. The van der Waals surface area contributed by atoms with Crippen LogP contribution in [0.25, 0.3) is 0 Å². The molecular formula is C17H22N6OS. The van der Waals surface area contributed by atoms with Gasteiger partial charge in [0.2, 0.25) is 11.9 Å². The summed E-state index contributed by atoms with van der Waals surface area (Å²) in [5.41, 5.74) is 14.6. The van der Waals surface area contributed by atoms with Gasteiger partial charge in [-0.1, -0.05) is 0 Å². The molecule has 0 bridgehead atoms. The number of amides is 1. The summed E-state index contributed by atoms with van der Waals surface area (Å²) in [6, 6.07) is 0. The highest BCUT2D eigenvalue weighted by atomic mass is 32.1.